The molecule has 0 N–H and O–H groups in total. The van der Waals surface area contributed by atoms with Crippen LogP contribution >= 0.6 is 0 Å². The molecule has 0 bridgehead atoms. The Hall–Kier alpha value is -6.64. The normalized spacial score (nSPS) is 11.9. The molecule has 0 aliphatic heterocycles. The lowest BCUT2D eigenvalue weighted by molar-refractivity contribution is 1.21. The van der Waals surface area contributed by atoms with E-state index in [1.54, 1.807) is 0 Å². The number of hydrogen-bond donors (Lipinski definition) is 0. The number of anilines is 1. The van der Waals surface area contributed by atoms with Crippen molar-refractivity contribution in [1.29, 1.82) is 0 Å². The maximum atomic E-state index is 4.43. The lowest BCUT2D eigenvalue weighted by atomic mass is 10.0. The molecule has 5 aromatic carbocycles. The second-order valence-electron chi connectivity index (χ2n) is 11.9. The fourth-order valence-electron chi connectivity index (χ4n) is 5.93. The molecule has 0 aliphatic carbocycles. The second kappa shape index (κ2) is 15.5. The summed E-state index contributed by atoms with van der Waals surface area (Å²) in [5, 5.41) is 2.40. The van der Waals surface area contributed by atoms with Crippen molar-refractivity contribution in [3.63, 3.8) is 0 Å². The van der Waals surface area contributed by atoms with E-state index in [-0.39, 0.29) is 0 Å². The third-order valence-corrected chi connectivity index (χ3v) is 8.63. The molecular weight excluding hydrogens is 605 g/mol. The Balaban J connectivity index is 1.22. The highest BCUT2D eigenvalue weighted by molar-refractivity contribution is 6.10. The molecule has 0 radical (unpaired) electrons. The molecule has 0 spiro atoms. The summed E-state index contributed by atoms with van der Waals surface area (Å²) in [5.41, 5.74) is 10.9. The standard InChI is InChI=1S/C48H40N2/c1-6-40(41-18-9-7-10-19-41)22-17-35-49(44-33-31-43(32-34-44)42-20-11-8-12-21-42)38(4)29-27-36(2)37(3)28-30-39(5)50-47-25-15-13-23-45(47)46-24-14-16-26-48(46)50/h6-35H,1-5H2/b29-27-,30-28-,35-17+,40-22+. The van der Waals surface area contributed by atoms with Gasteiger partial charge in [0, 0.05) is 34.1 Å². The largest absolute Gasteiger partial charge is 0.318 e. The minimum absolute atomic E-state index is 0.773. The van der Waals surface area contributed by atoms with Crippen molar-refractivity contribution >= 4 is 38.8 Å². The first kappa shape index (κ1) is 33.3. The lowest BCUT2D eigenvalue weighted by Crippen LogP contribution is -2.12. The molecule has 1 aromatic heterocycles. The molecule has 0 aliphatic rings. The van der Waals surface area contributed by atoms with E-state index in [1.807, 2.05) is 66.9 Å². The molecule has 6 rings (SSSR count). The van der Waals surface area contributed by atoms with Crippen molar-refractivity contribution in [2.75, 3.05) is 4.90 Å². The average molecular weight is 645 g/mol. The summed E-state index contributed by atoms with van der Waals surface area (Å²) in [6.45, 7) is 21.4. The summed E-state index contributed by atoms with van der Waals surface area (Å²) in [7, 11) is 0. The fraction of sp³-hybridized carbons (Fsp3) is 0. The van der Waals surface area contributed by atoms with E-state index in [1.165, 1.54) is 16.3 Å². The molecule has 2 heteroatoms. The quantitative estimate of drug-likeness (QED) is 0.114. The Morgan fingerprint density at radius 3 is 1.66 bits per heavy atom. The van der Waals surface area contributed by atoms with Gasteiger partial charge in [-0.3, -0.25) is 0 Å². The zero-order valence-electron chi connectivity index (χ0n) is 28.3. The summed E-state index contributed by atoms with van der Waals surface area (Å²) < 4.78 is 2.19. The van der Waals surface area contributed by atoms with Gasteiger partial charge >= 0.3 is 0 Å². The van der Waals surface area contributed by atoms with Crippen LogP contribution in [0.15, 0.2) is 232 Å². The van der Waals surface area contributed by atoms with Crippen molar-refractivity contribution < 1.29 is 0 Å². The van der Waals surface area contributed by atoms with Crippen LogP contribution in [0.25, 0.3) is 44.2 Å². The van der Waals surface area contributed by atoms with Crippen LogP contribution in [-0.4, -0.2) is 4.57 Å². The van der Waals surface area contributed by atoms with E-state index in [2.05, 4.69) is 158 Å². The van der Waals surface area contributed by atoms with E-state index >= 15 is 0 Å². The Kier molecular flexibility index (Phi) is 10.3. The van der Waals surface area contributed by atoms with Crippen LogP contribution < -0.4 is 4.90 Å². The van der Waals surface area contributed by atoms with Gasteiger partial charge in [-0.25, -0.2) is 0 Å². The first-order valence-corrected chi connectivity index (χ1v) is 16.6. The SMILES string of the molecule is C=C/C(=C\C=C\N(C(=C)/C=C\C(=C)C(=C)/C=C\C(=C)n1c2ccccc2c2ccccc21)c1ccc(-c2ccccc2)cc1)c1ccccc1. The number of fused-ring (bicyclic) bond motifs is 3. The number of para-hydroxylation sites is 2. The zero-order valence-corrected chi connectivity index (χ0v) is 28.3. The zero-order chi connectivity index (χ0) is 34.9. The predicted molar refractivity (Wildman–Crippen MR) is 219 cm³/mol. The van der Waals surface area contributed by atoms with Gasteiger partial charge in [-0.2, -0.15) is 0 Å². The lowest BCUT2D eigenvalue weighted by Gasteiger charge is -2.21. The average Bonchev–Trinajstić information content (AvgIpc) is 3.51. The van der Waals surface area contributed by atoms with Gasteiger partial charge in [-0.05, 0) is 75.9 Å². The van der Waals surface area contributed by atoms with Crippen LogP contribution in [0.2, 0.25) is 0 Å². The molecule has 2 nitrogen and oxygen atoms in total. The van der Waals surface area contributed by atoms with Gasteiger partial charge in [0.15, 0.2) is 0 Å². The van der Waals surface area contributed by atoms with Crippen molar-refractivity contribution in [2.24, 2.45) is 0 Å². The van der Waals surface area contributed by atoms with Gasteiger partial charge in [0.05, 0.1) is 11.0 Å². The summed E-state index contributed by atoms with van der Waals surface area (Å²) >= 11 is 0. The Bertz CT molecular complexity index is 2270. The molecule has 242 valence electrons. The maximum Gasteiger partial charge on any atom is 0.0540 e. The van der Waals surface area contributed by atoms with Crippen molar-refractivity contribution in [1.82, 2.24) is 4.57 Å². The maximum absolute atomic E-state index is 4.43. The van der Waals surface area contributed by atoms with Gasteiger partial charge < -0.3 is 9.47 Å². The van der Waals surface area contributed by atoms with E-state index in [0.29, 0.717) is 0 Å². The number of hydrogen-bond acceptors (Lipinski definition) is 1. The molecule has 6 aromatic rings. The Morgan fingerprint density at radius 1 is 0.540 bits per heavy atom. The first-order chi connectivity index (χ1) is 24.4. The molecular formula is C48H40N2. The Morgan fingerprint density at radius 2 is 1.06 bits per heavy atom. The number of rotatable bonds is 13. The molecule has 0 fully saturated rings. The molecule has 0 amide bonds. The monoisotopic (exact) mass is 644 g/mol. The van der Waals surface area contributed by atoms with Gasteiger partial charge in [0.1, 0.15) is 0 Å². The summed E-state index contributed by atoms with van der Waals surface area (Å²) in [5.74, 6) is 0. The van der Waals surface area contributed by atoms with E-state index in [4.69, 9.17) is 0 Å². The van der Waals surface area contributed by atoms with Crippen LogP contribution in [0.1, 0.15) is 5.56 Å². The highest BCUT2D eigenvalue weighted by atomic mass is 15.1. The fourth-order valence-corrected chi connectivity index (χ4v) is 5.93. The van der Waals surface area contributed by atoms with Crippen molar-refractivity contribution in [2.45, 2.75) is 0 Å². The minimum atomic E-state index is 0.773. The molecule has 0 saturated carbocycles. The highest BCUT2D eigenvalue weighted by Gasteiger charge is 2.11. The van der Waals surface area contributed by atoms with Gasteiger partial charge in [0.25, 0.3) is 0 Å². The van der Waals surface area contributed by atoms with Crippen molar-refractivity contribution in [3.8, 4) is 11.1 Å². The van der Waals surface area contributed by atoms with Crippen LogP contribution in [0.4, 0.5) is 5.69 Å². The number of nitrogens with zero attached hydrogens (tertiary/aromatic N) is 2. The third-order valence-electron chi connectivity index (χ3n) is 8.63. The number of allylic oxidation sites excluding steroid dienone is 11. The molecule has 0 unspecified atom stereocenters. The molecule has 50 heavy (non-hydrogen) atoms. The Labute approximate surface area is 296 Å². The van der Waals surface area contributed by atoms with Crippen molar-refractivity contribution in [3.05, 3.63) is 237 Å². The van der Waals surface area contributed by atoms with Gasteiger partial charge in [-0.1, -0.05) is 166 Å². The van der Waals surface area contributed by atoms with E-state index < -0.39 is 0 Å². The summed E-state index contributed by atoms with van der Waals surface area (Å²) in [4.78, 5) is 2.06. The number of aromatic nitrogens is 1. The van der Waals surface area contributed by atoms with E-state index in [0.717, 1.165) is 56.0 Å². The number of benzene rings is 5. The molecule has 1 heterocycles. The topological polar surface area (TPSA) is 8.17 Å². The van der Waals surface area contributed by atoms with Gasteiger partial charge in [0.2, 0.25) is 0 Å². The second-order valence-corrected chi connectivity index (χ2v) is 11.9. The summed E-state index contributed by atoms with van der Waals surface area (Å²) in [6, 6.07) is 45.9. The highest BCUT2D eigenvalue weighted by Crippen LogP contribution is 2.32. The third kappa shape index (κ3) is 7.41. The van der Waals surface area contributed by atoms with Crippen LogP contribution in [0.3, 0.4) is 0 Å². The van der Waals surface area contributed by atoms with Crippen LogP contribution in [-0.2, 0) is 0 Å². The first-order valence-electron chi connectivity index (χ1n) is 16.6. The van der Waals surface area contributed by atoms with Crippen LogP contribution in [0.5, 0.6) is 0 Å². The smallest absolute Gasteiger partial charge is 0.0540 e. The van der Waals surface area contributed by atoms with Gasteiger partial charge in [-0.15, -0.1) is 0 Å². The minimum Gasteiger partial charge on any atom is -0.318 e. The van der Waals surface area contributed by atoms with Crippen LogP contribution in [0, 0.1) is 0 Å². The predicted octanol–water partition coefficient (Wildman–Crippen LogP) is 13.0. The van der Waals surface area contributed by atoms with E-state index in [9.17, 15) is 0 Å². The molecule has 0 saturated heterocycles. The molecule has 0 atom stereocenters. The summed E-state index contributed by atoms with van der Waals surface area (Å²) in [6.07, 6.45) is 15.8.